The Hall–Kier alpha value is -9.88. The second kappa shape index (κ2) is 16.5. The zero-order valence-electron chi connectivity index (χ0n) is 37.8. The first-order valence-electron chi connectivity index (χ1n) is 23.4. The third-order valence-electron chi connectivity index (χ3n) is 13.7. The van der Waals surface area contributed by atoms with Crippen molar-refractivity contribution >= 4 is 99.3 Å². The van der Waals surface area contributed by atoms with Crippen molar-refractivity contribution in [2.24, 2.45) is 0 Å². The third-order valence-corrected chi connectivity index (χ3v) is 13.7. The molecule has 2 heterocycles. The van der Waals surface area contributed by atoms with Crippen molar-refractivity contribution in [2.75, 3.05) is 9.80 Å². The number of nitriles is 2. The summed E-state index contributed by atoms with van der Waals surface area (Å²) in [6, 6.07) is 89.4. The second-order valence-corrected chi connectivity index (χ2v) is 17.6. The number of hydrogen-bond donors (Lipinski definition) is 0. The van der Waals surface area contributed by atoms with Gasteiger partial charge in [0.1, 0.15) is 12.1 Å². The molecule has 0 bridgehead atoms. The highest BCUT2D eigenvalue weighted by molar-refractivity contribution is 6.23. The summed E-state index contributed by atoms with van der Waals surface area (Å²) >= 11 is 0. The van der Waals surface area contributed by atoms with Crippen molar-refractivity contribution in [1.29, 1.82) is 10.5 Å². The minimum atomic E-state index is 0.451. The van der Waals surface area contributed by atoms with Gasteiger partial charge in [-0.25, -0.2) is 0 Å². The molecule has 0 radical (unpaired) electrons. The Balaban J connectivity index is 1.05. The van der Waals surface area contributed by atoms with E-state index in [0.29, 0.717) is 22.5 Å². The van der Waals surface area contributed by atoms with E-state index < -0.39 is 0 Å². The van der Waals surface area contributed by atoms with Crippen molar-refractivity contribution in [3.63, 3.8) is 0 Å². The van der Waals surface area contributed by atoms with Crippen LogP contribution in [0.1, 0.15) is 11.1 Å². The third kappa shape index (κ3) is 6.40. The molecule has 0 unspecified atom stereocenters. The maximum atomic E-state index is 11.3. The molecule has 13 rings (SSSR count). The zero-order valence-corrected chi connectivity index (χ0v) is 37.8. The monoisotopic (exact) mass is 892 g/mol. The molecule has 11 aromatic carbocycles. The molecule has 70 heavy (non-hydrogen) atoms. The minimum absolute atomic E-state index is 0.451. The number of hydrogen-bond acceptors (Lipinski definition) is 4. The van der Waals surface area contributed by atoms with Crippen LogP contribution in [0.2, 0.25) is 0 Å². The summed E-state index contributed by atoms with van der Waals surface area (Å²) in [7, 11) is 0. The highest BCUT2D eigenvalue weighted by Crippen LogP contribution is 2.45. The lowest BCUT2D eigenvalue weighted by Crippen LogP contribution is -2.09. The molecule has 0 aliphatic rings. The van der Waals surface area contributed by atoms with Gasteiger partial charge in [0, 0.05) is 55.7 Å². The summed E-state index contributed by atoms with van der Waals surface area (Å²) in [5.41, 5.74) is 12.1. The molecule has 326 valence electrons. The van der Waals surface area contributed by atoms with Crippen LogP contribution in [0.5, 0.6) is 0 Å². The smallest absolute Gasteiger partial charge is 0.101 e. The van der Waals surface area contributed by atoms with Crippen LogP contribution in [0, 0.1) is 22.7 Å². The topological polar surface area (TPSA) is 63.9 Å². The fourth-order valence-corrected chi connectivity index (χ4v) is 10.7. The molecule has 6 nitrogen and oxygen atoms in total. The average Bonchev–Trinajstić information content (AvgIpc) is 3.94. The van der Waals surface area contributed by atoms with Crippen LogP contribution < -0.4 is 9.80 Å². The molecule has 6 heteroatoms. The van der Waals surface area contributed by atoms with Crippen molar-refractivity contribution < 1.29 is 0 Å². The van der Waals surface area contributed by atoms with Gasteiger partial charge in [-0.15, -0.1) is 0 Å². The molecular formula is C64H40N6. The molecule has 0 saturated heterocycles. The van der Waals surface area contributed by atoms with E-state index in [2.05, 4.69) is 237 Å². The predicted molar refractivity (Wildman–Crippen MR) is 289 cm³/mol. The molecule has 0 saturated carbocycles. The Morgan fingerprint density at radius 2 is 0.614 bits per heavy atom. The van der Waals surface area contributed by atoms with Gasteiger partial charge in [-0.05, 0) is 131 Å². The highest BCUT2D eigenvalue weighted by atomic mass is 15.1. The van der Waals surface area contributed by atoms with Gasteiger partial charge in [0.25, 0.3) is 0 Å². The lowest BCUT2D eigenvalue weighted by molar-refractivity contribution is 1.12. The van der Waals surface area contributed by atoms with Gasteiger partial charge in [0.2, 0.25) is 0 Å². The number of fused-ring (bicyclic) bond motifs is 10. The Bertz CT molecular complexity index is 3900. The van der Waals surface area contributed by atoms with E-state index in [1.165, 1.54) is 0 Å². The number of anilines is 6. The van der Waals surface area contributed by atoms with Crippen LogP contribution in [-0.2, 0) is 0 Å². The molecule has 0 spiro atoms. The van der Waals surface area contributed by atoms with Crippen molar-refractivity contribution in [1.82, 2.24) is 9.13 Å². The first kappa shape index (κ1) is 40.4. The van der Waals surface area contributed by atoms with Gasteiger partial charge in [-0.3, -0.25) is 0 Å². The van der Waals surface area contributed by atoms with Gasteiger partial charge in [0.05, 0.1) is 44.6 Å². The summed E-state index contributed by atoms with van der Waals surface area (Å²) < 4.78 is 4.35. The number of nitrogens with zero attached hydrogens (tertiary/aromatic N) is 6. The van der Waals surface area contributed by atoms with Crippen LogP contribution in [0.3, 0.4) is 0 Å². The van der Waals surface area contributed by atoms with E-state index in [9.17, 15) is 10.5 Å². The molecule has 0 aliphatic heterocycles. The summed E-state index contributed by atoms with van der Waals surface area (Å²) in [6.07, 6.45) is 0. The van der Waals surface area contributed by atoms with Crippen LogP contribution in [0.15, 0.2) is 243 Å². The largest absolute Gasteiger partial charge is 0.310 e. The first-order valence-corrected chi connectivity index (χ1v) is 23.4. The van der Waals surface area contributed by atoms with Crippen LogP contribution in [0.25, 0.3) is 76.5 Å². The number of rotatable bonds is 8. The molecule has 0 amide bonds. The normalized spacial score (nSPS) is 11.4. The zero-order chi connectivity index (χ0) is 46.7. The molecule has 13 aromatic rings. The lowest BCUT2D eigenvalue weighted by Gasteiger charge is -2.25. The van der Waals surface area contributed by atoms with Gasteiger partial charge >= 0.3 is 0 Å². The standard InChI is InChI=1S/C64H40N6/c65-41-45-38-62(70-58-36-32-52(68(49-23-9-3-10-24-49)50-25-11-4-12-26-50)40-56(58)64-54-28-16-14-18-44(54)30-34-60(64)70)46(42-66)37-61(45)69-57-35-31-51(67(47-19-5-1-6-20-47)48-21-7-2-8-22-48)39-55(57)63-53-27-15-13-17-43(53)29-33-59(63)69/h1-40H. The summed E-state index contributed by atoms with van der Waals surface area (Å²) in [5.74, 6) is 0. The SMILES string of the molecule is N#Cc1cc(-n2c3ccc(N(c4ccccc4)c4ccccc4)cc3c3c4ccccc4ccc32)c(C#N)cc1-n1c2ccc(N(c3ccccc3)c3ccccc3)cc2c2c3ccccc3ccc21. The predicted octanol–water partition coefficient (Wildman–Crippen LogP) is 16.9. The molecule has 0 fully saturated rings. The number of para-hydroxylation sites is 4. The average molecular weight is 893 g/mol. The van der Waals surface area contributed by atoms with E-state index in [-0.39, 0.29) is 0 Å². The number of aromatic nitrogens is 2. The lowest BCUT2D eigenvalue weighted by atomic mass is 10.0. The van der Waals surface area contributed by atoms with Crippen LogP contribution in [-0.4, -0.2) is 9.13 Å². The summed E-state index contributed by atoms with van der Waals surface area (Å²) in [6.45, 7) is 0. The van der Waals surface area contributed by atoms with Crippen molar-refractivity contribution in [3.05, 3.63) is 254 Å². The first-order chi connectivity index (χ1) is 34.7. The molecule has 2 aromatic heterocycles. The van der Waals surface area contributed by atoms with Crippen LogP contribution >= 0.6 is 0 Å². The maximum absolute atomic E-state index is 11.3. The fraction of sp³-hybridized carbons (Fsp3) is 0. The Kier molecular flexibility index (Phi) is 9.50. The van der Waals surface area contributed by atoms with Crippen LogP contribution in [0.4, 0.5) is 34.1 Å². The van der Waals surface area contributed by atoms with Gasteiger partial charge < -0.3 is 18.9 Å². The Morgan fingerprint density at radius 3 is 0.971 bits per heavy atom. The van der Waals surface area contributed by atoms with E-state index in [1.807, 2.05) is 36.4 Å². The quantitative estimate of drug-likeness (QED) is 0.152. The highest BCUT2D eigenvalue weighted by Gasteiger charge is 2.25. The molecule has 0 atom stereocenters. The maximum Gasteiger partial charge on any atom is 0.101 e. The summed E-state index contributed by atoms with van der Waals surface area (Å²) in [4.78, 5) is 4.55. The fourth-order valence-electron chi connectivity index (χ4n) is 10.7. The Labute approximate surface area is 404 Å². The second-order valence-electron chi connectivity index (χ2n) is 17.6. The Morgan fingerprint density at radius 1 is 0.286 bits per heavy atom. The van der Waals surface area contributed by atoms with E-state index >= 15 is 0 Å². The van der Waals surface area contributed by atoms with E-state index in [4.69, 9.17) is 0 Å². The van der Waals surface area contributed by atoms with Crippen molar-refractivity contribution in [2.45, 2.75) is 0 Å². The van der Waals surface area contributed by atoms with E-state index in [0.717, 1.165) is 99.3 Å². The van der Waals surface area contributed by atoms with Gasteiger partial charge in [-0.1, -0.05) is 133 Å². The molecular weight excluding hydrogens is 853 g/mol. The van der Waals surface area contributed by atoms with Crippen molar-refractivity contribution in [3.8, 4) is 23.5 Å². The minimum Gasteiger partial charge on any atom is -0.310 e. The molecule has 0 N–H and O–H groups in total. The van der Waals surface area contributed by atoms with E-state index in [1.54, 1.807) is 0 Å². The number of benzene rings is 11. The summed E-state index contributed by atoms with van der Waals surface area (Å²) in [5, 5.41) is 31.3. The van der Waals surface area contributed by atoms with Gasteiger partial charge in [0.15, 0.2) is 0 Å². The molecule has 0 aliphatic carbocycles. The van der Waals surface area contributed by atoms with Gasteiger partial charge in [-0.2, -0.15) is 10.5 Å².